The zero-order chi connectivity index (χ0) is 14.5. The largest absolute Gasteiger partial charge is 0.492 e. The monoisotopic (exact) mass is 292 g/mol. The summed E-state index contributed by atoms with van der Waals surface area (Å²) in [5.74, 6) is 5.16. The van der Waals surface area contributed by atoms with E-state index in [9.17, 15) is 4.79 Å². The molecule has 0 aliphatic heterocycles. The van der Waals surface area contributed by atoms with Crippen molar-refractivity contribution >= 4 is 17.5 Å². The normalized spacial score (nSPS) is 10.2. The number of carbonyl (C=O) groups is 1. The lowest BCUT2D eigenvalue weighted by molar-refractivity contribution is 0.0948. The van der Waals surface area contributed by atoms with Crippen LogP contribution in [0.2, 0.25) is 5.02 Å². The molecular weight excluding hydrogens is 280 g/mol. The lowest BCUT2D eigenvalue weighted by atomic mass is 10.1. The van der Waals surface area contributed by atoms with Gasteiger partial charge in [0.2, 0.25) is 0 Å². The quantitative estimate of drug-likeness (QED) is 0.509. The van der Waals surface area contributed by atoms with Crippen LogP contribution in [0.3, 0.4) is 0 Å². The highest BCUT2D eigenvalue weighted by Crippen LogP contribution is 2.29. The Hall–Kier alpha value is -2.18. The molecule has 0 radical (unpaired) electrons. The third-order valence-corrected chi connectivity index (χ3v) is 2.82. The summed E-state index contributed by atoms with van der Waals surface area (Å²) in [6.45, 7) is 2.41. The summed E-state index contributed by atoms with van der Waals surface area (Å²) in [7, 11) is 0. The van der Waals surface area contributed by atoms with E-state index in [1.54, 1.807) is 24.4 Å². The Morgan fingerprint density at radius 2 is 2.25 bits per heavy atom. The van der Waals surface area contributed by atoms with Gasteiger partial charge in [0.15, 0.2) is 0 Å². The first kappa shape index (κ1) is 14.2. The fourth-order valence-corrected chi connectivity index (χ4v) is 1.86. The number of halogens is 1. The van der Waals surface area contributed by atoms with Crippen molar-refractivity contribution in [1.82, 2.24) is 15.4 Å². The van der Waals surface area contributed by atoms with E-state index >= 15 is 0 Å². The molecule has 0 saturated heterocycles. The van der Waals surface area contributed by atoms with Crippen LogP contribution in [0.1, 0.15) is 17.4 Å². The summed E-state index contributed by atoms with van der Waals surface area (Å²) in [4.78, 5) is 19.6. The smallest absolute Gasteiger partial charge is 0.285 e. The minimum absolute atomic E-state index is 0.134. The summed E-state index contributed by atoms with van der Waals surface area (Å²) in [6.07, 6.45) is 2.88. The van der Waals surface area contributed by atoms with Crippen LogP contribution in [-0.4, -0.2) is 22.5 Å². The molecule has 2 aromatic rings. The molecule has 0 saturated carbocycles. The molecule has 1 heterocycles. The molecule has 1 aromatic heterocycles. The zero-order valence-corrected chi connectivity index (χ0v) is 11.5. The van der Waals surface area contributed by atoms with Gasteiger partial charge in [-0.1, -0.05) is 11.6 Å². The van der Waals surface area contributed by atoms with E-state index in [1.165, 1.54) is 6.20 Å². The first-order valence-corrected chi connectivity index (χ1v) is 6.29. The van der Waals surface area contributed by atoms with Gasteiger partial charge in [0.25, 0.3) is 5.91 Å². The predicted octanol–water partition coefficient (Wildman–Crippen LogP) is 1.80. The number of ether oxygens (including phenoxy) is 1. The molecule has 0 aliphatic rings. The highest BCUT2D eigenvalue weighted by atomic mass is 35.5. The maximum atomic E-state index is 11.4. The van der Waals surface area contributed by atoms with Crippen LogP contribution in [0, 0.1) is 0 Å². The van der Waals surface area contributed by atoms with Crippen LogP contribution in [0.15, 0.2) is 30.6 Å². The van der Waals surface area contributed by atoms with Crippen molar-refractivity contribution < 1.29 is 9.53 Å². The Morgan fingerprint density at radius 3 is 2.90 bits per heavy atom. The number of nitrogens with one attached hydrogen (secondary N) is 1. The molecule has 7 heteroatoms. The zero-order valence-electron chi connectivity index (χ0n) is 10.8. The SMILES string of the molecule is CCOc1ccc(-c2cncc(C(=O)NN)n2)cc1Cl. The van der Waals surface area contributed by atoms with E-state index in [0.717, 1.165) is 5.56 Å². The Morgan fingerprint density at radius 1 is 1.45 bits per heavy atom. The molecule has 0 aliphatic carbocycles. The van der Waals surface area contributed by atoms with E-state index in [-0.39, 0.29) is 5.69 Å². The van der Waals surface area contributed by atoms with Crippen molar-refractivity contribution in [2.24, 2.45) is 5.84 Å². The van der Waals surface area contributed by atoms with Crippen LogP contribution in [-0.2, 0) is 0 Å². The molecule has 20 heavy (non-hydrogen) atoms. The first-order chi connectivity index (χ1) is 9.65. The van der Waals surface area contributed by atoms with Crippen LogP contribution in [0.5, 0.6) is 5.75 Å². The molecule has 6 nitrogen and oxygen atoms in total. The summed E-state index contributed by atoms with van der Waals surface area (Å²) in [5, 5.41) is 0.472. The summed E-state index contributed by atoms with van der Waals surface area (Å²) in [5.41, 5.74) is 3.40. The second-order valence-corrected chi connectivity index (χ2v) is 4.25. The van der Waals surface area contributed by atoms with Crippen LogP contribution < -0.4 is 16.0 Å². The van der Waals surface area contributed by atoms with Gasteiger partial charge < -0.3 is 4.74 Å². The summed E-state index contributed by atoms with van der Waals surface area (Å²) in [6, 6.07) is 5.25. The number of hydrogen-bond donors (Lipinski definition) is 2. The molecule has 2 rings (SSSR count). The fourth-order valence-electron chi connectivity index (χ4n) is 1.62. The van der Waals surface area contributed by atoms with Crippen molar-refractivity contribution in [3.05, 3.63) is 41.3 Å². The Labute approximate surface area is 120 Å². The summed E-state index contributed by atoms with van der Waals surface area (Å²) < 4.78 is 5.36. The summed E-state index contributed by atoms with van der Waals surface area (Å²) >= 11 is 6.12. The third kappa shape index (κ3) is 3.04. The van der Waals surface area contributed by atoms with Crippen molar-refractivity contribution in [1.29, 1.82) is 0 Å². The molecule has 3 N–H and O–H groups in total. The van der Waals surface area contributed by atoms with Crippen LogP contribution >= 0.6 is 11.6 Å². The number of rotatable bonds is 4. The fraction of sp³-hybridized carbons (Fsp3) is 0.154. The maximum Gasteiger partial charge on any atom is 0.285 e. The van der Waals surface area contributed by atoms with E-state index in [2.05, 4.69) is 9.97 Å². The number of nitrogens with two attached hydrogens (primary N) is 1. The van der Waals surface area contributed by atoms with Gasteiger partial charge in [0.05, 0.1) is 29.7 Å². The molecule has 1 amide bonds. The number of nitrogen functional groups attached to an aromatic ring is 1. The Bertz CT molecular complexity index is 634. The van der Waals surface area contributed by atoms with E-state index in [4.69, 9.17) is 22.2 Å². The Kier molecular flexibility index (Phi) is 4.49. The highest BCUT2D eigenvalue weighted by molar-refractivity contribution is 6.32. The van der Waals surface area contributed by atoms with Crippen molar-refractivity contribution in [2.45, 2.75) is 6.92 Å². The number of amides is 1. The van der Waals surface area contributed by atoms with Crippen molar-refractivity contribution in [2.75, 3.05) is 6.61 Å². The van der Waals surface area contributed by atoms with E-state index in [0.29, 0.717) is 23.1 Å². The number of aromatic nitrogens is 2. The Balaban J connectivity index is 2.36. The second kappa shape index (κ2) is 6.31. The second-order valence-electron chi connectivity index (χ2n) is 3.84. The topological polar surface area (TPSA) is 90.1 Å². The third-order valence-electron chi connectivity index (χ3n) is 2.53. The molecule has 0 bridgehead atoms. The number of nitrogens with zero attached hydrogens (tertiary/aromatic N) is 2. The molecule has 0 unspecified atom stereocenters. The van der Waals surface area contributed by atoms with Gasteiger partial charge in [-0.15, -0.1) is 0 Å². The van der Waals surface area contributed by atoms with Crippen molar-refractivity contribution in [3.8, 4) is 17.0 Å². The average Bonchev–Trinajstić information content (AvgIpc) is 2.49. The number of carbonyl (C=O) groups excluding carboxylic acids is 1. The molecule has 0 spiro atoms. The van der Waals surface area contributed by atoms with Crippen LogP contribution in [0.25, 0.3) is 11.3 Å². The van der Waals surface area contributed by atoms with Gasteiger partial charge in [-0.25, -0.2) is 10.8 Å². The van der Waals surface area contributed by atoms with Gasteiger partial charge in [-0.2, -0.15) is 0 Å². The molecule has 104 valence electrons. The molecule has 0 fully saturated rings. The van der Waals surface area contributed by atoms with Gasteiger partial charge in [0, 0.05) is 5.56 Å². The van der Waals surface area contributed by atoms with Crippen molar-refractivity contribution in [3.63, 3.8) is 0 Å². The van der Waals surface area contributed by atoms with Gasteiger partial charge >= 0.3 is 0 Å². The van der Waals surface area contributed by atoms with Crippen LogP contribution in [0.4, 0.5) is 0 Å². The minimum Gasteiger partial charge on any atom is -0.492 e. The molecule has 1 aromatic carbocycles. The van der Waals surface area contributed by atoms with E-state index in [1.807, 2.05) is 12.3 Å². The molecule has 0 atom stereocenters. The first-order valence-electron chi connectivity index (χ1n) is 5.91. The standard InChI is InChI=1S/C13H13ClN4O2/c1-2-20-12-4-3-8(5-9(12)14)10-6-16-7-11(17-10)13(19)18-15/h3-7H,2,15H2,1H3,(H,18,19). The highest BCUT2D eigenvalue weighted by Gasteiger charge is 2.10. The van der Waals surface area contributed by atoms with Gasteiger partial charge in [-0.3, -0.25) is 15.2 Å². The van der Waals surface area contributed by atoms with Gasteiger partial charge in [0.1, 0.15) is 11.4 Å². The van der Waals surface area contributed by atoms with Gasteiger partial charge in [-0.05, 0) is 25.1 Å². The predicted molar refractivity (Wildman–Crippen MR) is 75.3 cm³/mol. The minimum atomic E-state index is -0.503. The maximum absolute atomic E-state index is 11.4. The average molecular weight is 293 g/mol. The molecular formula is C13H13ClN4O2. The number of hydrogen-bond acceptors (Lipinski definition) is 5. The van der Waals surface area contributed by atoms with E-state index < -0.39 is 5.91 Å². The lowest BCUT2D eigenvalue weighted by Crippen LogP contribution is -2.30. The lowest BCUT2D eigenvalue weighted by Gasteiger charge is -2.08. The number of benzene rings is 1. The number of hydrazine groups is 1.